The molecule has 1 aromatic carbocycles. The number of hydrogen-bond acceptors (Lipinski definition) is 3. The summed E-state index contributed by atoms with van der Waals surface area (Å²) < 4.78 is 0. The van der Waals surface area contributed by atoms with Gasteiger partial charge >= 0.3 is 12.0 Å². The number of carboxylic acid groups (broad SMARTS) is 1. The highest BCUT2D eigenvalue weighted by Gasteiger charge is 2.20. The molecule has 6 nitrogen and oxygen atoms in total. The normalized spacial score (nSPS) is 10.8. The molecule has 0 atom stereocenters. The van der Waals surface area contributed by atoms with E-state index in [1.165, 1.54) is 18.2 Å². The van der Waals surface area contributed by atoms with Gasteiger partial charge in [0.05, 0.1) is 5.69 Å². The number of urea groups is 1. The first-order valence-electron chi connectivity index (χ1n) is 6.87. The quantitative estimate of drug-likeness (QED) is 0.728. The van der Waals surface area contributed by atoms with Gasteiger partial charge in [-0.15, -0.1) is 0 Å². The van der Waals surface area contributed by atoms with E-state index in [-0.39, 0.29) is 23.3 Å². The predicted octanol–water partition coefficient (Wildman–Crippen LogP) is 2.99. The molecule has 21 heavy (non-hydrogen) atoms. The zero-order valence-corrected chi connectivity index (χ0v) is 12.8. The van der Waals surface area contributed by atoms with E-state index in [2.05, 4.69) is 5.32 Å². The minimum Gasteiger partial charge on any atom is -0.505 e. The fraction of sp³-hybridized carbons (Fsp3) is 0.467. The van der Waals surface area contributed by atoms with Crippen molar-refractivity contribution in [3.8, 4) is 5.75 Å². The monoisotopic (exact) mass is 294 g/mol. The van der Waals surface area contributed by atoms with Crippen LogP contribution in [0.4, 0.5) is 10.5 Å². The van der Waals surface area contributed by atoms with Crippen molar-refractivity contribution >= 4 is 17.7 Å². The van der Waals surface area contributed by atoms with Gasteiger partial charge < -0.3 is 20.4 Å². The second kappa shape index (κ2) is 6.97. The largest absolute Gasteiger partial charge is 0.505 e. The van der Waals surface area contributed by atoms with Gasteiger partial charge in [0.25, 0.3) is 0 Å². The SMILES string of the molecule is CC(C)CN(C(=O)Nc1cccc(C(=O)O)c1O)C(C)C. The maximum absolute atomic E-state index is 12.3. The van der Waals surface area contributed by atoms with Crippen LogP contribution in [0.2, 0.25) is 0 Å². The van der Waals surface area contributed by atoms with E-state index in [4.69, 9.17) is 5.11 Å². The van der Waals surface area contributed by atoms with Gasteiger partial charge in [-0.25, -0.2) is 9.59 Å². The number of nitrogens with zero attached hydrogens (tertiary/aromatic N) is 1. The van der Waals surface area contributed by atoms with Crippen LogP contribution in [-0.2, 0) is 0 Å². The minimum atomic E-state index is -1.24. The molecule has 0 aliphatic heterocycles. The van der Waals surface area contributed by atoms with Gasteiger partial charge in [-0.2, -0.15) is 0 Å². The molecule has 0 aliphatic rings. The highest BCUT2D eigenvalue weighted by Crippen LogP contribution is 2.27. The van der Waals surface area contributed by atoms with Gasteiger partial charge in [0, 0.05) is 12.6 Å². The predicted molar refractivity (Wildman–Crippen MR) is 80.8 cm³/mol. The van der Waals surface area contributed by atoms with Crippen LogP contribution in [-0.4, -0.2) is 39.7 Å². The molecule has 0 aliphatic carbocycles. The Morgan fingerprint density at radius 2 is 1.86 bits per heavy atom. The van der Waals surface area contributed by atoms with Crippen LogP contribution >= 0.6 is 0 Å². The number of aromatic carboxylic acids is 1. The number of phenols is 1. The second-order valence-corrected chi connectivity index (χ2v) is 5.58. The van der Waals surface area contributed by atoms with Crippen LogP contribution in [0, 0.1) is 5.92 Å². The summed E-state index contributed by atoms with van der Waals surface area (Å²) in [5.41, 5.74) is -0.151. The van der Waals surface area contributed by atoms with Gasteiger partial charge in [-0.3, -0.25) is 0 Å². The van der Waals surface area contributed by atoms with Gasteiger partial charge in [-0.05, 0) is 31.9 Å². The molecule has 6 heteroatoms. The van der Waals surface area contributed by atoms with Crippen LogP contribution in [0.25, 0.3) is 0 Å². The van der Waals surface area contributed by atoms with Crippen LogP contribution < -0.4 is 5.32 Å². The number of hydrogen-bond donors (Lipinski definition) is 3. The number of anilines is 1. The fourth-order valence-electron chi connectivity index (χ4n) is 1.93. The Morgan fingerprint density at radius 1 is 1.24 bits per heavy atom. The average Bonchev–Trinajstić information content (AvgIpc) is 2.37. The van der Waals surface area contributed by atoms with Crippen molar-refractivity contribution in [2.75, 3.05) is 11.9 Å². The number of amides is 2. The Kier molecular flexibility index (Phi) is 5.58. The summed E-state index contributed by atoms with van der Waals surface area (Å²) in [5, 5.41) is 21.4. The Bertz CT molecular complexity index is 526. The molecular weight excluding hydrogens is 272 g/mol. The first-order valence-corrected chi connectivity index (χ1v) is 6.87. The molecule has 1 aromatic rings. The van der Waals surface area contributed by atoms with Crippen LogP contribution in [0.5, 0.6) is 5.75 Å². The Morgan fingerprint density at radius 3 is 2.33 bits per heavy atom. The van der Waals surface area contributed by atoms with E-state index >= 15 is 0 Å². The molecule has 0 heterocycles. The Labute approximate surface area is 124 Å². The third-order valence-electron chi connectivity index (χ3n) is 2.95. The van der Waals surface area contributed by atoms with Gasteiger partial charge in [-0.1, -0.05) is 19.9 Å². The molecule has 0 bridgehead atoms. The Balaban J connectivity index is 2.96. The molecule has 0 radical (unpaired) electrons. The number of carbonyl (C=O) groups excluding carboxylic acids is 1. The molecule has 0 unspecified atom stereocenters. The number of para-hydroxylation sites is 1. The molecule has 2 amide bonds. The van der Waals surface area contributed by atoms with Crippen molar-refractivity contribution in [1.82, 2.24) is 4.90 Å². The van der Waals surface area contributed by atoms with Crippen LogP contribution in [0.15, 0.2) is 18.2 Å². The maximum Gasteiger partial charge on any atom is 0.339 e. The molecule has 0 saturated heterocycles. The van der Waals surface area contributed by atoms with E-state index in [1.807, 2.05) is 27.7 Å². The average molecular weight is 294 g/mol. The summed E-state index contributed by atoms with van der Waals surface area (Å²) in [6.07, 6.45) is 0. The molecule has 0 aromatic heterocycles. The number of aromatic hydroxyl groups is 1. The molecule has 1 rings (SSSR count). The number of carboxylic acids is 1. The van der Waals surface area contributed by atoms with E-state index in [0.29, 0.717) is 12.5 Å². The number of benzene rings is 1. The van der Waals surface area contributed by atoms with E-state index in [9.17, 15) is 14.7 Å². The third kappa shape index (κ3) is 4.37. The maximum atomic E-state index is 12.3. The standard InChI is InChI=1S/C15H22N2O4/c1-9(2)8-17(10(3)4)15(21)16-12-7-5-6-11(13(12)18)14(19)20/h5-7,9-10,18H,8H2,1-4H3,(H,16,21)(H,19,20). The molecule has 116 valence electrons. The van der Waals surface area contributed by atoms with E-state index in [1.54, 1.807) is 4.90 Å². The van der Waals surface area contributed by atoms with Crippen molar-refractivity contribution in [3.05, 3.63) is 23.8 Å². The lowest BCUT2D eigenvalue weighted by Crippen LogP contribution is -2.42. The van der Waals surface area contributed by atoms with Crippen molar-refractivity contribution in [1.29, 1.82) is 0 Å². The minimum absolute atomic E-state index is 0.00259. The second-order valence-electron chi connectivity index (χ2n) is 5.58. The summed E-state index contributed by atoms with van der Waals surface area (Å²) in [6, 6.07) is 3.85. The van der Waals surface area contributed by atoms with Gasteiger partial charge in [0.2, 0.25) is 0 Å². The molecule has 0 saturated carbocycles. The zero-order chi connectivity index (χ0) is 16.2. The smallest absolute Gasteiger partial charge is 0.339 e. The first kappa shape index (κ1) is 16.8. The van der Waals surface area contributed by atoms with Crippen LogP contribution in [0.1, 0.15) is 38.1 Å². The summed E-state index contributed by atoms with van der Waals surface area (Å²) >= 11 is 0. The lowest BCUT2D eigenvalue weighted by atomic mass is 10.1. The molecule has 0 spiro atoms. The van der Waals surface area contributed by atoms with Crippen molar-refractivity contribution in [3.63, 3.8) is 0 Å². The van der Waals surface area contributed by atoms with Crippen molar-refractivity contribution in [2.45, 2.75) is 33.7 Å². The summed E-state index contributed by atoms with van der Waals surface area (Å²) in [7, 11) is 0. The summed E-state index contributed by atoms with van der Waals surface area (Å²) in [5.74, 6) is -1.38. The van der Waals surface area contributed by atoms with E-state index < -0.39 is 11.7 Å². The van der Waals surface area contributed by atoms with Gasteiger partial charge in [0.1, 0.15) is 5.56 Å². The Hall–Kier alpha value is -2.24. The number of nitrogens with one attached hydrogen (secondary N) is 1. The highest BCUT2D eigenvalue weighted by atomic mass is 16.4. The highest BCUT2D eigenvalue weighted by molar-refractivity contribution is 5.97. The number of rotatable bonds is 5. The third-order valence-corrected chi connectivity index (χ3v) is 2.95. The number of carbonyl (C=O) groups is 2. The van der Waals surface area contributed by atoms with Crippen LogP contribution in [0.3, 0.4) is 0 Å². The van der Waals surface area contributed by atoms with Gasteiger partial charge in [0.15, 0.2) is 5.75 Å². The van der Waals surface area contributed by atoms with Crippen molar-refractivity contribution in [2.24, 2.45) is 5.92 Å². The first-order chi connectivity index (χ1) is 9.73. The fourth-order valence-corrected chi connectivity index (χ4v) is 1.93. The molecular formula is C15H22N2O4. The van der Waals surface area contributed by atoms with Crippen molar-refractivity contribution < 1.29 is 19.8 Å². The zero-order valence-electron chi connectivity index (χ0n) is 12.8. The van der Waals surface area contributed by atoms with E-state index in [0.717, 1.165) is 0 Å². The molecule has 3 N–H and O–H groups in total. The molecule has 0 fully saturated rings. The lowest BCUT2D eigenvalue weighted by Gasteiger charge is -2.28. The summed E-state index contributed by atoms with van der Waals surface area (Å²) in [4.78, 5) is 24.9. The topological polar surface area (TPSA) is 89.9 Å². The summed E-state index contributed by atoms with van der Waals surface area (Å²) in [6.45, 7) is 8.38. The lowest BCUT2D eigenvalue weighted by molar-refractivity contribution is 0.0693.